The van der Waals surface area contributed by atoms with Gasteiger partial charge in [0.15, 0.2) is 0 Å². The minimum absolute atomic E-state index is 0.229. The van der Waals surface area contributed by atoms with Crippen molar-refractivity contribution in [2.24, 2.45) is 11.7 Å². The van der Waals surface area contributed by atoms with Gasteiger partial charge in [-0.05, 0) is 70.3 Å². The molecule has 1 atom stereocenters. The Morgan fingerprint density at radius 2 is 1.95 bits per heavy atom. The van der Waals surface area contributed by atoms with Crippen LogP contribution in [0.4, 0.5) is 0 Å². The molecule has 112 valence electrons. The molecule has 1 unspecified atom stereocenters. The zero-order valence-corrected chi connectivity index (χ0v) is 13.0. The first kappa shape index (κ1) is 15.3. The van der Waals surface area contributed by atoms with Crippen molar-refractivity contribution in [3.05, 3.63) is 29.8 Å². The standard InChI is InChI=1S/C17H28N2O/c1-13(2)20-17-6-4-5-15(11-17)12-19-9-7-16(8-10-19)14(3)18/h4-6,11,13-14,16H,7-10,12,18H2,1-3H3. The van der Waals surface area contributed by atoms with Crippen molar-refractivity contribution in [1.29, 1.82) is 0 Å². The van der Waals surface area contributed by atoms with Gasteiger partial charge in [-0.15, -0.1) is 0 Å². The lowest BCUT2D eigenvalue weighted by Crippen LogP contribution is -2.39. The Morgan fingerprint density at radius 1 is 1.25 bits per heavy atom. The Kier molecular flexibility index (Phi) is 5.44. The van der Waals surface area contributed by atoms with Crippen molar-refractivity contribution < 1.29 is 4.74 Å². The van der Waals surface area contributed by atoms with Crippen LogP contribution < -0.4 is 10.5 Å². The number of piperidine rings is 1. The summed E-state index contributed by atoms with van der Waals surface area (Å²) in [4.78, 5) is 2.52. The molecule has 3 nitrogen and oxygen atoms in total. The average Bonchev–Trinajstić information content (AvgIpc) is 2.39. The van der Waals surface area contributed by atoms with Crippen LogP contribution in [0, 0.1) is 5.92 Å². The van der Waals surface area contributed by atoms with Gasteiger partial charge in [0.25, 0.3) is 0 Å². The van der Waals surface area contributed by atoms with E-state index in [4.69, 9.17) is 10.5 Å². The van der Waals surface area contributed by atoms with E-state index < -0.39 is 0 Å². The number of hydrogen-bond acceptors (Lipinski definition) is 3. The van der Waals surface area contributed by atoms with E-state index in [1.165, 1.54) is 18.4 Å². The highest BCUT2D eigenvalue weighted by atomic mass is 16.5. The Balaban J connectivity index is 1.88. The van der Waals surface area contributed by atoms with E-state index in [0.717, 1.165) is 25.4 Å². The molecule has 0 saturated carbocycles. The molecule has 1 aliphatic rings. The van der Waals surface area contributed by atoms with Gasteiger partial charge < -0.3 is 10.5 Å². The molecule has 0 bridgehead atoms. The molecule has 3 heteroatoms. The Morgan fingerprint density at radius 3 is 2.55 bits per heavy atom. The highest BCUT2D eigenvalue weighted by Gasteiger charge is 2.21. The largest absolute Gasteiger partial charge is 0.491 e. The molecule has 0 spiro atoms. The fraction of sp³-hybridized carbons (Fsp3) is 0.647. The number of rotatable bonds is 5. The van der Waals surface area contributed by atoms with E-state index in [0.29, 0.717) is 12.0 Å². The van der Waals surface area contributed by atoms with Gasteiger partial charge in [-0.2, -0.15) is 0 Å². The molecule has 1 aromatic carbocycles. The summed E-state index contributed by atoms with van der Waals surface area (Å²) in [6.07, 6.45) is 2.67. The first-order chi connectivity index (χ1) is 9.54. The van der Waals surface area contributed by atoms with Crippen LogP contribution >= 0.6 is 0 Å². The maximum Gasteiger partial charge on any atom is 0.120 e. The molecule has 1 aromatic rings. The smallest absolute Gasteiger partial charge is 0.120 e. The number of ether oxygens (including phenoxy) is 1. The van der Waals surface area contributed by atoms with E-state index in [1.807, 2.05) is 6.07 Å². The van der Waals surface area contributed by atoms with Gasteiger partial charge in [0, 0.05) is 12.6 Å². The minimum atomic E-state index is 0.229. The summed E-state index contributed by atoms with van der Waals surface area (Å²) in [6, 6.07) is 8.80. The molecule has 20 heavy (non-hydrogen) atoms. The van der Waals surface area contributed by atoms with Gasteiger partial charge in [-0.3, -0.25) is 4.90 Å². The van der Waals surface area contributed by atoms with Gasteiger partial charge in [0.2, 0.25) is 0 Å². The van der Waals surface area contributed by atoms with Crippen molar-refractivity contribution in [3.8, 4) is 5.75 Å². The molecular formula is C17H28N2O. The van der Waals surface area contributed by atoms with Gasteiger partial charge in [-0.25, -0.2) is 0 Å². The minimum Gasteiger partial charge on any atom is -0.491 e. The van der Waals surface area contributed by atoms with Gasteiger partial charge in [-0.1, -0.05) is 12.1 Å². The van der Waals surface area contributed by atoms with Crippen LogP contribution in [0.5, 0.6) is 5.75 Å². The Hall–Kier alpha value is -1.06. The van der Waals surface area contributed by atoms with Crippen LogP contribution in [0.25, 0.3) is 0 Å². The number of nitrogens with zero attached hydrogens (tertiary/aromatic N) is 1. The van der Waals surface area contributed by atoms with E-state index in [1.54, 1.807) is 0 Å². The van der Waals surface area contributed by atoms with Crippen LogP contribution in [-0.2, 0) is 6.54 Å². The Bertz CT molecular complexity index is 409. The predicted octanol–water partition coefficient (Wildman–Crippen LogP) is 3.03. The fourth-order valence-electron chi connectivity index (χ4n) is 2.88. The third-order valence-electron chi connectivity index (χ3n) is 4.05. The molecule has 1 saturated heterocycles. The van der Waals surface area contributed by atoms with Crippen molar-refractivity contribution in [2.75, 3.05) is 13.1 Å². The number of likely N-dealkylation sites (tertiary alicyclic amines) is 1. The maximum atomic E-state index is 6.00. The second kappa shape index (κ2) is 7.09. The second-order valence-electron chi connectivity index (χ2n) is 6.29. The fourth-order valence-corrected chi connectivity index (χ4v) is 2.88. The van der Waals surface area contributed by atoms with Crippen molar-refractivity contribution in [2.45, 2.75) is 52.3 Å². The van der Waals surface area contributed by atoms with E-state index in [2.05, 4.69) is 43.9 Å². The third-order valence-corrected chi connectivity index (χ3v) is 4.05. The van der Waals surface area contributed by atoms with Crippen molar-refractivity contribution >= 4 is 0 Å². The number of nitrogens with two attached hydrogens (primary N) is 1. The van der Waals surface area contributed by atoms with Crippen LogP contribution in [0.3, 0.4) is 0 Å². The van der Waals surface area contributed by atoms with Crippen molar-refractivity contribution in [3.63, 3.8) is 0 Å². The zero-order valence-electron chi connectivity index (χ0n) is 13.0. The summed E-state index contributed by atoms with van der Waals surface area (Å²) in [5.74, 6) is 1.67. The second-order valence-corrected chi connectivity index (χ2v) is 6.29. The predicted molar refractivity (Wildman–Crippen MR) is 83.9 cm³/mol. The van der Waals surface area contributed by atoms with Crippen LogP contribution in [0.2, 0.25) is 0 Å². The lowest BCUT2D eigenvalue weighted by atomic mass is 9.91. The molecule has 1 heterocycles. The molecule has 2 N–H and O–H groups in total. The topological polar surface area (TPSA) is 38.5 Å². The summed E-state index contributed by atoms with van der Waals surface area (Å²) in [7, 11) is 0. The Labute approximate surface area is 123 Å². The lowest BCUT2D eigenvalue weighted by molar-refractivity contribution is 0.165. The van der Waals surface area contributed by atoms with E-state index in [9.17, 15) is 0 Å². The number of hydrogen-bond donors (Lipinski definition) is 1. The summed E-state index contributed by atoms with van der Waals surface area (Å²) in [6.45, 7) is 9.58. The first-order valence-corrected chi connectivity index (χ1v) is 7.78. The maximum absolute atomic E-state index is 6.00. The van der Waals surface area contributed by atoms with E-state index >= 15 is 0 Å². The summed E-state index contributed by atoms with van der Waals surface area (Å²) >= 11 is 0. The van der Waals surface area contributed by atoms with E-state index in [-0.39, 0.29) is 6.10 Å². The highest BCUT2D eigenvalue weighted by molar-refractivity contribution is 5.28. The van der Waals surface area contributed by atoms with Crippen LogP contribution in [0.1, 0.15) is 39.2 Å². The highest BCUT2D eigenvalue weighted by Crippen LogP contribution is 2.22. The SMILES string of the molecule is CC(C)Oc1cccc(CN2CCC(C(C)N)CC2)c1. The van der Waals surface area contributed by atoms with Crippen LogP contribution in [-0.4, -0.2) is 30.1 Å². The quantitative estimate of drug-likeness (QED) is 0.898. The molecule has 0 radical (unpaired) electrons. The third kappa shape index (κ3) is 4.50. The van der Waals surface area contributed by atoms with Gasteiger partial charge >= 0.3 is 0 Å². The van der Waals surface area contributed by atoms with Crippen molar-refractivity contribution in [1.82, 2.24) is 4.90 Å². The number of benzene rings is 1. The normalized spacial score (nSPS) is 19.2. The summed E-state index contributed by atoms with van der Waals surface area (Å²) in [5.41, 5.74) is 7.33. The lowest BCUT2D eigenvalue weighted by Gasteiger charge is -2.33. The van der Waals surface area contributed by atoms with Crippen LogP contribution in [0.15, 0.2) is 24.3 Å². The molecule has 0 aromatic heterocycles. The molecule has 1 aliphatic heterocycles. The molecule has 0 amide bonds. The molecule has 0 aliphatic carbocycles. The van der Waals surface area contributed by atoms with Gasteiger partial charge in [0.05, 0.1) is 6.10 Å². The first-order valence-electron chi connectivity index (χ1n) is 7.78. The summed E-state index contributed by atoms with van der Waals surface area (Å²) in [5, 5.41) is 0. The molecule has 2 rings (SSSR count). The monoisotopic (exact) mass is 276 g/mol. The molecular weight excluding hydrogens is 248 g/mol. The zero-order chi connectivity index (χ0) is 14.5. The average molecular weight is 276 g/mol. The summed E-state index contributed by atoms with van der Waals surface area (Å²) < 4.78 is 5.76. The van der Waals surface area contributed by atoms with Gasteiger partial charge in [0.1, 0.15) is 5.75 Å². The molecule has 1 fully saturated rings.